The zero-order chi connectivity index (χ0) is 16.7. The number of nitrogens with two attached hydrogens (primary N) is 1. The smallest absolute Gasteiger partial charge is 0.237 e. The van der Waals surface area contributed by atoms with Crippen LogP contribution in [0.1, 0.15) is 5.56 Å². The highest BCUT2D eigenvalue weighted by Gasteiger charge is 2.15. The maximum atomic E-state index is 12.1. The Labute approximate surface area is 137 Å². The number of carbonyl (C=O) groups is 1. The Balaban J connectivity index is 1.79. The Hall–Kier alpha value is -1.89. The molecule has 0 bridgehead atoms. The number of benzene rings is 1. The van der Waals surface area contributed by atoms with Crippen LogP contribution in [0.4, 0.5) is 0 Å². The van der Waals surface area contributed by atoms with Crippen LogP contribution in [0.15, 0.2) is 30.5 Å². The van der Waals surface area contributed by atoms with Crippen molar-refractivity contribution >= 4 is 16.8 Å². The molecule has 6 heteroatoms. The molecule has 0 unspecified atom stereocenters. The van der Waals surface area contributed by atoms with E-state index in [1.807, 2.05) is 37.5 Å². The van der Waals surface area contributed by atoms with Crippen molar-refractivity contribution in [3.63, 3.8) is 0 Å². The van der Waals surface area contributed by atoms with Crippen LogP contribution in [-0.4, -0.2) is 62.2 Å². The van der Waals surface area contributed by atoms with E-state index in [9.17, 15) is 4.79 Å². The molecular formula is C17H26N4O2. The van der Waals surface area contributed by atoms with E-state index in [0.29, 0.717) is 19.6 Å². The fourth-order valence-corrected chi connectivity index (χ4v) is 2.49. The minimum absolute atomic E-state index is 0.115. The Kier molecular flexibility index (Phi) is 6.58. The van der Waals surface area contributed by atoms with Gasteiger partial charge in [-0.2, -0.15) is 0 Å². The molecule has 1 atom stereocenters. The highest BCUT2D eigenvalue weighted by atomic mass is 16.5. The van der Waals surface area contributed by atoms with Gasteiger partial charge < -0.3 is 25.7 Å². The lowest BCUT2D eigenvalue weighted by Gasteiger charge is -2.17. The maximum absolute atomic E-state index is 12.1. The van der Waals surface area contributed by atoms with Crippen LogP contribution in [0.2, 0.25) is 0 Å². The van der Waals surface area contributed by atoms with E-state index < -0.39 is 6.04 Å². The van der Waals surface area contributed by atoms with Crippen LogP contribution >= 0.6 is 0 Å². The molecule has 0 radical (unpaired) electrons. The fraction of sp³-hybridized carbons (Fsp3) is 0.471. The molecule has 2 rings (SSSR count). The van der Waals surface area contributed by atoms with Crippen LogP contribution in [0, 0.1) is 0 Å². The predicted molar refractivity (Wildman–Crippen MR) is 92.4 cm³/mol. The summed E-state index contributed by atoms with van der Waals surface area (Å²) >= 11 is 0. The van der Waals surface area contributed by atoms with Gasteiger partial charge in [-0.1, -0.05) is 18.2 Å². The average molecular weight is 318 g/mol. The molecule has 1 aromatic heterocycles. The number of likely N-dealkylation sites (N-methyl/N-ethyl adjacent to an activating group) is 1. The number of nitrogens with one attached hydrogen (secondary N) is 2. The molecule has 0 aliphatic carbocycles. The number of aromatic amines is 1. The number of aromatic nitrogens is 1. The van der Waals surface area contributed by atoms with Crippen molar-refractivity contribution in [1.29, 1.82) is 0 Å². The van der Waals surface area contributed by atoms with E-state index >= 15 is 0 Å². The zero-order valence-electron chi connectivity index (χ0n) is 13.8. The molecule has 0 saturated heterocycles. The lowest BCUT2D eigenvalue weighted by atomic mass is 10.1. The molecule has 4 N–H and O–H groups in total. The molecule has 0 spiro atoms. The second kappa shape index (κ2) is 8.67. The summed E-state index contributed by atoms with van der Waals surface area (Å²) in [6.07, 6.45) is 2.45. The number of ether oxygens (including phenoxy) is 1. The number of fused-ring (bicyclic) bond motifs is 1. The second-order valence-corrected chi connectivity index (χ2v) is 5.76. The maximum Gasteiger partial charge on any atom is 0.237 e. The van der Waals surface area contributed by atoms with Crippen molar-refractivity contribution < 1.29 is 9.53 Å². The molecule has 126 valence electrons. The summed E-state index contributed by atoms with van der Waals surface area (Å²) in [5.41, 5.74) is 8.17. The van der Waals surface area contributed by atoms with Crippen molar-refractivity contribution in [2.75, 3.05) is 40.4 Å². The van der Waals surface area contributed by atoms with Gasteiger partial charge >= 0.3 is 0 Å². The summed E-state index contributed by atoms with van der Waals surface area (Å²) in [6, 6.07) is 7.48. The summed E-state index contributed by atoms with van der Waals surface area (Å²) in [7, 11) is 3.68. The van der Waals surface area contributed by atoms with E-state index in [1.54, 1.807) is 7.11 Å². The number of amides is 1. The first-order chi connectivity index (χ1) is 11.1. The van der Waals surface area contributed by atoms with E-state index in [1.165, 1.54) is 0 Å². The number of nitrogens with zero attached hydrogens (tertiary/aromatic N) is 1. The number of carbonyl (C=O) groups excluding carboxylic acids is 1. The molecule has 2 aromatic rings. The molecule has 23 heavy (non-hydrogen) atoms. The minimum Gasteiger partial charge on any atom is -0.383 e. The topological polar surface area (TPSA) is 83.4 Å². The summed E-state index contributed by atoms with van der Waals surface area (Å²) in [4.78, 5) is 17.4. The standard InChI is InChI=1S/C17H26N4O2/c1-21(9-10-23-2)8-7-19-17(22)15(18)11-13-12-20-16-6-4-3-5-14(13)16/h3-6,12,15,20H,7-11,18H2,1-2H3,(H,19,22)/t15-/m0/s1. The van der Waals surface area contributed by atoms with Gasteiger partial charge in [0.2, 0.25) is 5.91 Å². The van der Waals surface area contributed by atoms with Gasteiger partial charge in [-0.15, -0.1) is 0 Å². The molecule has 0 aliphatic rings. The number of para-hydroxylation sites is 1. The lowest BCUT2D eigenvalue weighted by molar-refractivity contribution is -0.122. The number of hydrogen-bond donors (Lipinski definition) is 3. The Bertz CT molecular complexity index is 626. The number of methoxy groups -OCH3 is 1. The predicted octanol–water partition coefficient (Wildman–Crippen LogP) is 0.732. The third-order valence-corrected chi connectivity index (χ3v) is 3.92. The molecule has 0 saturated carbocycles. The van der Waals surface area contributed by atoms with Crippen LogP contribution in [-0.2, 0) is 16.0 Å². The van der Waals surface area contributed by atoms with Gasteiger partial charge in [0.1, 0.15) is 0 Å². The van der Waals surface area contributed by atoms with Crippen molar-refractivity contribution in [2.45, 2.75) is 12.5 Å². The average Bonchev–Trinajstić information content (AvgIpc) is 2.96. The van der Waals surface area contributed by atoms with E-state index in [0.717, 1.165) is 29.6 Å². The van der Waals surface area contributed by atoms with Crippen LogP contribution in [0.25, 0.3) is 10.9 Å². The van der Waals surface area contributed by atoms with Gasteiger partial charge in [0.15, 0.2) is 0 Å². The zero-order valence-corrected chi connectivity index (χ0v) is 13.8. The Morgan fingerprint density at radius 2 is 2.17 bits per heavy atom. The van der Waals surface area contributed by atoms with E-state index in [-0.39, 0.29) is 5.91 Å². The first kappa shape index (κ1) is 17.5. The van der Waals surface area contributed by atoms with Gasteiger partial charge in [0.05, 0.1) is 12.6 Å². The van der Waals surface area contributed by atoms with Gasteiger partial charge in [0, 0.05) is 43.8 Å². The lowest BCUT2D eigenvalue weighted by Crippen LogP contribution is -2.44. The minimum atomic E-state index is -0.543. The normalized spacial score (nSPS) is 12.7. The third-order valence-electron chi connectivity index (χ3n) is 3.92. The second-order valence-electron chi connectivity index (χ2n) is 5.76. The van der Waals surface area contributed by atoms with Crippen molar-refractivity contribution in [3.05, 3.63) is 36.0 Å². The number of rotatable bonds is 9. The van der Waals surface area contributed by atoms with Crippen LogP contribution in [0.5, 0.6) is 0 Å². The SMILES string of the molecule is COCCN(C)CCNC(=O)[C@@H](N)Cc1c[nH]c2ccccc12. The summed E-state index contributed by atoms with van der Waals surface area (Å²) in [5, 5.41) is 4.01. The number of hydrogen-bond acceptors (Lipinski definition) is 4. The van der Waals surface area contributed by atoms with Gasteiger partial charge in [-0.05, 0) is 25.1 Å². The van der Waals surface area contributed by atoms with Crippen molar-refractivity contribution in [1.82, 2.24) is 15.2 Å². The van der Waals surface area contributed by atoms with E-state index in [4.69, 9.17) is 10.5 Å². The van der Waals surface area contributed by atoms with Gasteiger partial charge in [0.25, 0.3) is 0 Å². The Morgan fingerprint density at radius 1 is 1.39 bits per heavy atom. The first-order valence-electron chi connectivity index (χ1n) is 7.87. The van der Waals surface area contributed by atoms with Crippen molar-refractivity contribution in [2.24, 2.45) is 5.73 Å². The molecule has 1 aromatic carbocycles. The highest BCUT2D eigenvalue weighted by molar-refractivity contribution is 5.86. The summed E-state index contributed by atoms with van der Waals surface area (Å²) in [5.74, 6) is -0.115. The van der Waals surface area contributed by atoms with Crippen LogP contribution in [0.3, 0.4) is 0 Å². The summed E-state index contributed by atoms with van der Waals surface area (Å²) in [6.45, 7) is 2.88. The quantitative estimate of drug-likeness (QED) is 0.636. The van der Waals surface area contributed by atoms with Gasteiger partial charge in [-0.25, -0.2) is 0 Å². The molecule has 0 fully saturated rings. The highest BCUT2D eigenvalue weighted by Crippen LogP contribution is 2.18. The molecule has 6 nitrogen and oxygen atoms in total. The number of H-pyrrole nitrogens is 1. The molecule has 1 heterocycles. The summed E-state index contributed by atoms with van der Waals surface area (Å²) < 4.78 is 5.02. The first-order valence-corrected chi connectivity index (χ1v) is 7.87. The Morgan fingerprint density at radius 3 is 2.96 bits per heavy atom. The largest absolute Gasteiger partial charge is 0.383 e. The van der Waals surface area contributed by atoms with Gasteiger partial charge in [-0.3, -0.25) is 4.79 Å². The van der Waals surface area contributed by atoms with Crippen LogP contribution < -0.4 is 11.1 Å². The third kappa shape index (κ3) is 5.06. The molecular weight excluding hydrogens is 292 g/mol. The molecule has 1 amide bonds. The van der Waals surface area contributed by atoms with E-state index in [2.05, 4.69) is 15.2 Å². The fourth-order valence-electron chi connectivity index (χ4n) is 2.49. The molecule has 0 aliphatic heterocycles. The monoisotopic (exact) mass is 318 g/mol. The van der Waals surface area contributed by atoms with Crippen molar-refractivity contribution in [3.8, 4) is 0 Å².